The van der Waals surface area contributed by atoms with Gasteiger partial charge in [-0.25, -0.2) is 0 Å². The van der Waals surface area contributed by atoms with Crippen molar-refractivity contribution < 1.29 is 9.90 Å². The summed E-state index contributed by atoms with van der Waals surface area (Å²) in [4.78, 5) is 14.6. The maximum Gasteiger partial charge on any atom is 0.307 e. The summed E-state index contributed by atoms with van der Waals surface area (Å²) in [5, 5.41) is 8.76. The molecule has 68 valence electrons. The molecule has 0 saturated heterocycles. The number of aromatic nitrogens is 1. The maximum absolute atomic E-state index is 10.6. The number of carboxylic acid groups (broad SMARTS) is 1. The molecule has 0 radical (unpaired) electrons. The molecule has 0 bridgehead atoms. The van der Waals surface area contributed by atoms with Crippen LogP contribution in [-0.2, 0) is 4.79 Å². The predicted molar refractivity (Wildman–Crippen MR) is 47.5 cm³/mol. The average molecular weight is 177 g/mol. The highest BCUT2D eigenvalue weighted by atomic mass is 16.4. The van der Waals surface area contributed by atoms with Gasteiger partial charge in [0.05, 0.1) is 5.92 Å². The van der Waals surface area contributed by atoms with E-state index in [1.54, 1.807) is 12.4 Å². The summed E-state index contributed by atoms with van der Waals surface area (Å²) in [7, 11) is 0. The van der Waals surface area contributed by atoms with Crippen molar-refractivity contribution in [2.24, 2.45) is 5.92 Å². The van der Waals surface area contributed by atoms with Crippen LogP contribution in [0.2, 0.25) is 0 Å². The van der Waals surface area contributed by atoms with Gasteiger partial charge >= 0.3 is 5.97 Å². The van der Waals surface area contributed by atoms with Crippen molar-refractivity contribution in [1.29, 1.82) is 0 Å². The number of aryl methyl sites for hydroxylation is 1. The average Bonchev–Trinajstić information content (AvgIpc) is 2.84. The number of pyridine rings is 1. The molecule has 0 aromatic carbocycles. The van der Waals surface area contributed by atoms with Crippen LogP contribution in [0.15, 0.2) is 18.5 Å². The molecule has 1 aromatic rings. The highest BCUT2D eigenvalue weighted by Gasteiger charge is 2.44. The standard InChI is InChI=1S/C10H11NO2/c1-6-5-11-3-2-7(6)8-4-9(8)10(12)13/h2-3,5,8-9H,4H2,1H3,(H,12,13). The van der Waals surface area contributed by atoms with Crippen LogP contribution in [0.4, 0.5) is 0 Å². The van der Waals surface area contributed by atoms with Gasteiger partial charge in [0.1, 0.15) is 0 Å². The van der Waals surface area contributed by atoms with E-state index >= 15 is 0 Å². The number of rotatable bonds is 2. The third-order valence-electron chi connectivity index (χ3n) is 2.57. The van der Waals surface area contributed by atoms with E-state index in [-0.39, 0.29) is 11.8 Å². The maximum atomic E-state index is 10.6. The van der Waals surface area contributed by atoms with E-state index < -0.39 is 5.97 Å². The molecule has 3 heteroatoms. The zero-order valence-corrected chi connectivity index (χ0v) is 7.40. The van der Waals surface area contributed by atoms with Crippen LogP contribution in [-0.4, -0.2) is 16.1 Å². The molecule has 2 atom stereocenters. The second kappa shape index (κ2) is 2.83. The Kier molecular flexibility index (Phi) is 1.79. The Hall–Kier alpha value is -1.38. The molecule has 1 N–H and O–H groups in total. The normalized spacial score (nSPS) is 25.6. The first-order chi connectivity index (χ1) is 6.20. The van der Waals surface area contributed by atoms with E-state index in [1.807, 2.05) is 13.0 Å². The smallest absolute Gasteiger partial charge is 0.307 e. The van der Waals surface area contributed by atoms with Gasteiger partial charge in [-0.2, -0.15) is 0 Å². The molecule has 13 heavy (non-hydrogen) atoms. The molecule has 1 heterocycles. The van der Waals surface area contributed by atoms with E-state index in [0.717, 1.165) is 17.5 Å². The minimum atomic E-state index is -0.679. The minimum Gasteiger partial charge on any atom is -0.481 e. The van der Waals surface area contributed by atoms with Gasteiger partial charge in [-0.15, -0.1) is 0 Å². The van der Waals surface area contributed by atoms with Gasteiger partial charge in [0.2, 0.25) is 0 Å². The highest BCUT2D eigenvalue weighted by molar-refractivity contribution is 5.75. The van der Waals surface area contributed by atoms with Crippen molar-refractivity contribution >= 4 is 5.97 Å². The van der Waals surface area contributed by atoms with Crippen molar-refractivity contribution in [3.05, 3.63) is 29.6 Å². The molecule has 2 unspecified atom stereocenters. The number of carboxylic acids is 1. The largest absolute Gasteiger partial charge is 0.481 e. The third-order valence-corrected chi connectivity index (χ3v) is 2.57. The first kappa shape index (κ1) is 8.23. The van der Waals surface area contributed by atoms with Crippen molar-refractivity contribution in [3.63, 3.8) is 0 Å². The number of hydrogen-bond donors (Lipinski definition) is 1. The molecule has 1 saturated carbocycles. The molecule has 0 aliphatic heterocycles. The zero-order chi connectivity index (χ0) is 9.42. The fourth-order valence-corrected chi connectivity index (χ4v) is 1.71. The lowest BCUT2D eigenvalue weighted by Gasteiger charge is -2.01. The summed E-state index contributed by atoms with van der Waals surface area (Å²) in [5.41, 5.74) is 2.23. The topological polar surface area (TPSA) is 50.2 Å². The first-order valence-corrected chi connectivity index (χ1v) is 4.33. The van der Waals surface area contributed by atoms with Gasteiger partial charge in [-0.05, 0) is 36.5 Å². The number of hydrogen-bond acceptors (Lipinski definition) is 2. The van der Waals surface area contributed by atoms with Gasteiger partial charge in [0, 0.05) is 12.4 Å². The van der Waals surface area contributed by atoms with E-state index in [4.69, 9.17) is 5.11 Å². The lowest BCUT2D eigenvalue weighted by molar-refractivity contribution is -0.138. The molecule has 0 spiro atoms. The Labute approximate surface area is 76.4 Å². The Morgan fingerprint density at radius 3 is 3.00 bits per heavy atom. The number of nitrogens with zero attached hydrogens (tertiary/aromatic N) is 1. The summed E-state index contributed by atoms with van der Waals surface area (Å²) in [6, 6.07) is 1.92. The van der Waals surface area contributed by atoms with E-state index in [1.165, 1.54) is 0 Å². The SMILES string of the molecule is Cc1cnccc1C1CC1C(=O)O. The van der Waals surface area contributed by atoms with Crippen molar-refractivity contribution in [2.75, 3.05) is 0 Å². The van der Waals surface area contributed by atoms with Crippen LogP contribution in [0.25, 0.3) is 0 Å². The molecule has 3 nitrogen and oxygen atoms in total. The van der Waals surface area contributed by atoms with Crippen LogP contribution in [0, 0.1) is 12.8 Å². The number of aliphatic carboxylic acids is 1. The van der Waals surface area contributed by atoms with Gasteiger partial charge in [0.15, 0.2) is 0 Å². The Morgan fingerprint density at radius 1 is 1.69 bits per heavy atom. The summed E-state index contributed by atoms with van der Waals surface area (Å²) in [6.07, 6.45) is 4.28. The Bertz CT molecular complexity index is 349. The minimum absolute atomic E-state index is 0.166. The van der Waals surface area contributed by atoms with Gasteiger partial charge in [-0.3, -0.25) is 9.78 Å². The number of carbonyl (C=O) groups is 1. The third kappa shape index (κ3) is 1.41. The second-order valence-electron chi connectivity index (χ2n) is 3.52. The van der Waals surface area contributed by atoms with Gasteiger partial charge < -0.3 is 5.11 Å². The molecule has 1 aliphatic rings. The summed E-state index contributed by atoms with van der Waals surface area (Å²) in [6.45, 7) is 1.97. The van der Waals surface area contributed by atoms with E-state index in [9.17, 15) is 4.79 Å². The summed E-state index contributed by atoms with van der Waals surface area (Å²) in [5.74, 6) is -0.622. The molecule has 1 aromatic heterocycles. The molecule has 0 amide bonds. The Balaban J connectivity index is 2.21. The van der Waals surface area contributed by atoms with Crippen LogP contribution in [0.5, 0.6) is 0 Å². The molecule has 1 aliphatic carbocycles. The summed E-state index contributed by atoms with van der Waals surface area (Å²) < 4.78 is 0. The van der Waals surface area contributed by atoms with E-state index in [0.29, 0.717) is 0 Å². The van der Waals surface area contributed by atoms with Crippen LogP contribution < -0.4 is 0 Å². The lowest BCUT2D eigenvalue weighted by Crippen LogP contribution is -1.99. The molecule has 1 fully saturated rings. The van der Waals surface area contributed by atoms with Crippen LogP contribution in [0.1, 0.15) is 23.5 Å². The fourth-order valence-electron chi connectivity index (χ4n) is 1.71. The van der Waals surface area contributed by atoms with E-state index in [2.05, 4.69) is 4.98 Å². The van der Waals surface area contributed by atoms with Gasteiger partial charge in [0.25, 0.3) is 0 Å². The molecular formula is C10H11NO2. The van der Waals surface area contributed by atoms with Crippen molar-refractivity contribution in [1.82, 2.24) is 4.98 Å². The van der Waals surface area contributed by atoms with Crippen LogP contribution in [0.3, 0.4) is 0 Å². The zero-order valence-electron chi connectivity index (χ0n) is 7.40. The van der Waals surface area contributed by atoms with Crippen molar-refractivity contribution in [3.8, 4) is 0 Å². The Morgan fingerprint density at radius 2 is 2.46 bits per heavy atom. The second-order valence-corrected chi connectivity index (χ2v) is 3.52. The van der Waals surface area contributed by atoms with Gasteiger partial charge in [-0.1, -0.05) is 0 Å². The molecular weight excluding hydrogens is 166 g/mol. The van der Waals surface area contributed by atoms with Crippen molar-refractivity contribution in [2.45, 2.75) is 19.3 Å². The quantitative estimate of drug-likeness (QED) is 0.746. The predicted octanol–water partition coefficient (Wildman–Crippen LogP) is 1.58. The summed E-state index contributed by atoms with van der Waals surface area (Å²) >= 11 is 0. The monoisotopic (exact) mass is 177 g/mol. The lowest BCUT2D eigenvalue weighted by atomic mass is 10.1. The van der Waals surface area contributed by atoms with Crippen LogP contribution >= 0.6 is 0 Å². The first-order valence-electron chi connectivity index (χ1n) is 4.33. The fraction of sp³-hybridized carbons (Fsp3) is 0.400. The molecule has 2 rings (SSSR count). The highest BCUT2D eigenvalue weighted by Crippen LogP contribution is 2.48.